The summed E-state index contributed by atoms with van der Waals surface area (Å²) in [4.78, 5) is 59.8. The van der Waals surface area contributed by atoms with Crippen LogP contribution in [0.3, 0.4) is 0 Å². The van der Waals surface area contributed by atoms with E-state index in [2.05, 4.69) is 13.2 Å². The van der Waals surface area contributed by atoms with Crippen LogP contribution in [0.5, 0.6) is 17.2 Å². The van der Waals surface area contributed by atoms with E-state index in [1.54, 1.807) is 72.8 Å². The van der Waals surface area contributed by atoms with Gasteiger partial charge in [0.2, 0.25) is 0 Å². The monoisotopic (exact) mass is 826 g/mol. The molecule has 0 aromatic heterocycles. The number of carbonyl (C=O) groups excluding carboxylic acids is 5. The second-order valence-electron chi connectivity index (χ2n) is 12.1. The third-order valence-corrected chi connectivity index (χ3v) is 7.89. The summed E-state index contributed by atoms with van der Waals surface area (Å²) >= 11 is 0. The number of rotatable bonds is 27. The Kier molecular flexibility index (Phi) is 20.2. The summed E-state index contributed by atoms with van der Waals surface area (Å²) in [6.07, 6.45) is 2.17. The SMILES string of the molecule is C=CC(=O)OCCOCCOCCOC(=O)c1ccc(-c2ccc(OC(=O)c3ccc(OC(=O)c4ccc(OCCOCCOCCOC(=O)C=C)cc4)cc3)cc2)cc1. The highest BCUT2D eigenvalue weighted by Gasteiger charge is 2.13. The van der Waals surface area contributed by atoms with Crippen molar-refractivity contribution >= 4 is 29.8 Å². The third-order valence-electron chi connectivity index (χ3n) is 7.89. The number of hydrogen-bond donors (Lipinski definition) is 0. The molecule has 60 heavy (non-hydrogen) atoms. The molecule has 0 saturated heterocycles. The van der Waals surface area contributed by atoms with Crippen molar-refractivity contribution < 1.29 is 71.3 Å². The minimum atomic E-state index is -0.593. The van der Waals surface area contributed by atoms with Crippen LogP contribution < -0.4 is 14.2 Å². The van der Waals surface area contributed by atoms with Crippen molar-refractivity contribution in [1.29, 1.82) is 0 Å². The highest BCUT2D eigenvalue weighted by atomic mass is 16.6. The molecule has 0 N–H and O–H groups in total. The van der Waals surface area contributed by atoms with Gasteiger partial charge in [-0.05, 0) is 83.9 Å². The second kappa shape index (κ2) is 26.4. The van der Waals surface area contributed by atoms with E-state index in [1.807, 2.05) is 0 Å². The normalized spacial score (nSPS) is 10.5. The van der Waals surface area contributed by atoms with Gasteiger partial charge in [0.25, 0.3) is 0 Å². The zero-order chi connectivity index (χ0) is 42.8. The van der Waals surface area contributed by atoms with Crippen LogP contribution >= 0.6 is 0 Å². The van der Waals surface area contributed by atoms with Crippen LogP contribution in [0.25, 0.3) is 11.1 Å². The van der Waals surface area contributed by atoms with Crippen LogP contribution in [0.2, 0.25) is 0 Å². The lowest BCUT2D eigenvalue weighted by molar-refractivity contribution is -0.140. The summed E-state index contributed by atoms with van der Waals surface area (Å²) in [7, 11) is 0. The van der Waals surface area contributed by atoms with Gasteiger partial charge in [0.15, 0.2) is 0 Å². The van der Waals surface area contributed by atoms with E-state index >= 15 is 0 Å². The fraction of sp³-hybridized carbons (Fsp3) is 0.267. The minimum Gasteiger partial charge on any atom is -0.491 e. The second-order valence-corrected chi connectivity index (χ2v) is 12.1. The average Bonchev–Trinajstić information content (AvgIpc) is 3.28. The van der Waals surface area contributed by atoms with Crippen LogP contribution in [-0.2, 0) is 42.7 Å². The molecule has 15 nitrogen and oxygen atoms in total. The van der Waals surface area contributed by atoms with Gasteiger partial charge in [-0.1, -0.05) is 37.4 Å². The quantitative estimate of drug-likeness (QED) is 0.0230. The van der Waals surface area contributed by atoms with E-state index in [-0.39, 0.29) is 57.6 Å². The fourth-order valence-electron chi connectivity index (χ4n) is 4.85. The molecule has 0 amide bonds. The lowest BCUT2D eigenvalue weighted by atomic mass is 10.0. The van der Waals surface area contributed by atoms with Crippen LogP contribution in [-0.4, -0.2) is 109 Å². The molecule has 0 saturated carbocycles. The lowest BCUT2D eigenvalue weighted by Crippen LogP contribution is -2.14. The summed E-state index contributed by atoms with van der Waals surface area (Å²) in [5.74, 6) is -1.56. The van der Waals surface area contributed by atoms with E-state index in [1.165, 1.54) is 24.3 Å². The van der Waals surface area contributed by atoms with E-state index < -0.39 is 29.8 Å². The van der Waals surface area contributed by atoms with Gasteiger partial charge in [-0.15, -0.1) is 0 Å². The predicted octanol–water partition coefficient (Wildman–Crippen LogP) is 5.85. The summed E-state index contributed by atoms with van der Waals surface area (Å²) < 4.78 is 52.9. The Morgan fingerprint density at radius 3 is 1.12 bits per heavy atom. The smallest absolute Gasteiger partial charge is 0.343 e. The number of esters is 5. The van der Waals surface area contributed by atoms with E-state index in [9.17, 15) is 24.0 Å². The molecule has 0 unspecified atom stereocenters. The maximum atomic E-state index is 12.8. The molecule has 0 atom stereocenters. The Hall–Kier alpha value is -6.65. The number of hydrogen-bond acceptors (Lipinski definition) is 15. The highest BCUT2D eigenvalue weighted by Crippen LogP contribution is 2.24. The van der Waals surface area contributed by atoms with Crippen molar-refractivity contribution in [2.75, 3.05) is 79.3 Å². The first-order valence-electron chi connectivity index (χ1n) is 18.8. The van der Waals surface area contributed by atoms with Gasteiger partial charge in [0, 0.05) is 12.2 Å². The highest BCUT2D eigenvalue weighted by molar-refractivity contribution is 5.93. The maximum Gasteiger partial charge on any atom is 0.343 e. The van der Waals surface area contributed by atoms with Gasteiger partial charge in [0.1, 0.15) is 43.7 Å². The van der Waals surface area contributed by atoms with Gasteiger partial charge >= 0.3 is 29.8 Å². The number of carbonyl (C=O) groups is 5. The average molecular weight is 827 g/mol. The lowest BCUT2D eigenvalue weighted by Gasteiger charge is -2.09. The summed E-state index contributed by atoms with van der Waals surface area (Å²) in [5.41, 5.74) is 2.62. The molecular weight excluding hydrogens is 780 g/mol. The first kappa shape index (κ1) is 46.0. The molecule has 0 aliphatic carbocycles. The van der Waals surface area contributed by atoms with Gasteiger partial charge in [-0.2, -0.15) is 0 Å². The van der Waals surface area contributed by atoms with Crippen molar-refractivity contribution in [3.63, 3.8) is 0 Å². The molecule has 0 bridgehead atoms. The topological polar surface area (TPSA) is 178 Å². The van der Waals surface area contributed by atoms with Crippen molar-refractivity contribution in [1.82, 2.24) is 0 Å². The molecule has 0 spiro atoms. The Balaban J connectivity index is 1.10. The number of ether oxygens (including phenoxy) is 10. The molecule has 0 radical (unpaired) electrons. The summed E-state index contributed by atoms with van der Waals surface area (Å²) in [6, 6.07) is 26.2. The molecule has 0 fully saturated rings. The summed E-state index contributed by atoms with van der Waals surface area (Å²) in [6.45, 7) is 9.55. The molecule has 316 valence electrons. The Labute approximate surface area is 347 Å². The van der Waals surface area contributed by atoms with E-state index in [0.717, 1.165) is 23.3 Å². The molecule has 0 aliphatic heterocycles. The molecule has 0 heterocycles. The number of benzene rings is 4. The Bertz CT molecular complexity index is 1970. The molecule has 0 aliphatic rings. The van der Waals surface area contributed by atoms with Crippen molar-refractivity contribution in [2.24, 2.45) is 0 Å². The van der Waals surface area contributed by atoms with Crippen molar-refractivity contribution in [3.8, 4) is 28.4 Å². The Morgan fingerprint density at radius 1 is 0.367 bits per heavy atom. The molecule has 4 aromatic rings. The minimum absolute atomic E-state index is 0.0710. The molecule has 15 heteroatoms. The first-order valence-corrected chi connectivity index (χ1v) is 18.8. The van der Waals surface area contributed by atoms with Crippen LogP contribution in [0.1, 0.15) is 31.1 Å². The standard InChI is InChI=1S/C45H46O15/c1-3-41(46)56-30-26-52-22-21-51-25-29-55-38-15-11-36(12-16-38)44(49)60-40-19-13-37(14-20-40)45(50)59-39-17-9-34(10-18-39)33-5-7-35(8-6-33)43(48)58-32-28-54-24-23-53-27-31-57-42(47)4-2/h3-20H,1-2,21-32H2. The van der Waals surface area contributed by atoms with Crippen LogP contribution in [0.4, 0.5) is 0 Å². The predicted molar refractivity (Wildman–Crippen MR) is 216 cm³/mol. The van der Waals surface area contributed by atoms with Gasteiger partial charge < -0.3 is 47.4 Å². The van der Waals surface area contributed by atoms with Crippen molar-refractivity contribution in [3.05, 3.63) is 139 Å². The van der Waals surface area contributed by atoms with Gasteiger partial charge in [-0.25, -0.2) is 24.0 Å². The molecule has 4 aromatic carbocycles. The van der Waals surface area contributed by atoms with Crippen LogP contribution in [0.15, 0.2) is 122 Å². The summed E-state index contributed by atoms with van der Waals surface area (Å²) in [5, 5.41) is 0. The Morgan fingerprint density at radius 2 is 0.683 bits per heavy atom. The van der Waals surface area contributed by atoms with Gasteiger partial charge in [-0.3, -0.25) is 0 Å². The van der Waals surface area contributed by atoms with Crippen molar-refractivity contribution in [2.45, 2.75) is 0 Å². The van der Waals surface area contributed by atoms with E-state index in [0.29, 0.717) is 55.7 Å². The first-order chi connectivity index (χ1) is 29.2. The van der Waals surface area contributed by atoms with E-state index in [4.69, 9.17) is 47.4 Å². The largest absolute Gasteiger partial charge is 0.491 e. The zero-order valence-corrected chi connectivity index (χ0v) is 32.9. The maximum absolute atomic E-state index is 12.8. The molecular formula is C45H46O15. The van der Waals surface area contributed by atoms with Gasteiger partial charge in [0.05, 0.1) is 69.5 Å². The van der Waals surface area contributed by atoms with Crippen LogP contribution in [0, 0.1) is 0 Å². The fourth-order valence-corrected chi connectivity index (χ4v) is 4.85. The third kappa shape index (κ3) is 17.1. The zero-order valence-electron chi connectivity index (χ0n) is 32.9. The molecule has 4 rings (SSSR count).